The van der Waals surface area contributed by atoms with Crippen LogP contribution in [0.1, 0.15) is 45.4 Å². The number of carbonyl (C=O) groups excluding carboxylic acids is 1. The van der Waals surface area contributed by atoms with Gasteiger partial charge in [0.05, 0.1) is 12.3 Å². The predicted molar refractivity (Wildman–Crippen MR) is 57.7 cm³/mol. The van der Waals surface area contributed by atoms with Crippen LogP contribution < -0.4 is 0 Å². The van der Waals surface area contributed by atoms with Crippen molar-refractivity contribution in [1.29, 1.82) is 0 Å². The van der Waals surface area contributed by atoms with Gasteiger partial charge in [0.15, 0.2) is 0 Å². The molecule has 1 atom stereocenters. The average Bonchev–Trinajstić information content (AvgIpc) is 2.67. The summed E-state index contributed by atoms with van der Waals surface area (Å²) in [6, 6.07) is 0. The molecule has 1 aliphatic heterocycles. The largest absolute Gasteiger partial charge is 0.467 e. The number of ether oxygens (including phenoxy) is 1. The summed E-state index contributed by atoms with van der Waals surface area (Å²) in [4.78, 5) is 15.2. The molecule has 0 bridgehead atoms. The highest BCUT2D eigenvalue weighted by atomic mass is 16.6. The molecule has 15 heavy (non-hydrogen) atoms. The van der Waals surface area contributed by atoms with E-state index < -0.39 is 0 Å². The molecule has 0 fully saturated rings. The highest BCUT2D eigenvalue weighted by Crippen LogP contribution is 2.18. The maximum Gasteiger partial charge on any atom is 0.293 e. The SMILES string of the molecule is CCCCCC1CC(CCOC=O)=NO1. The molecule has 4 nitrogen and oxygen atoms in total. The minimum atomic E-state index is 0.253. The number of rotatable bonds is 8. The van der Waals surface area contributed by atoms with Crippen LogP contribution in [0, 0.1) is 0 Å². The number of nitrogens with zero attached hydrogens (tertiary/aromatic N) is 1. The van der Waals surface area contributed by atoms with E-state index in [0.717, 1.165) is 18.6 Å². The smallest absolute Gasteiger partial charge is 0.293 e. The van der Waals surface area contributed by atoms with Crippen LogP contribution in [0.2, 0.25) is 0 Å². The Morgan fingerprint density at radius 1 is 1.60 bits per heavy atom. The number of unbranched alkanes of at least 4 members (excludes halogenated alkanes) is 2. The molecule has 0 aliphatic carbocycles. The maximum atomic E-state index is 9.92. The summed E-state index contributed by atoms with van der Waals surface area (Å²) in [5, 5.41) is 3.99. The lowest BCUT2D eigenvalue weighted by molar-refractivity contribution is -0.128. The molecule has 0 aromatic carbocycles. The highest BCUT2D eigenvalue weighted by Gasteiger charge is 2.19. The van der Waals surface area contributed by atoms with Crippen molar-refractivity contribution in [2.45, 2.75) is 51.6 Å². The molecule has 0 aromatic heterocycles. The first-order chi connectivity index (χ1) is 7.36. The van der Waals surface area contributed by atoms with E-state index in [1.807, 2.05) is 0 Å². The van der Waals surface area contributed by atoms with Crippen LogP contribution in [0.3, 0.4) is 0 Å². The minimum Gasteiger partial charge on any atom is -0.467 e. The topological polar surface area (TPSA) is 47.9 Å². The zero-order chi connectivity index (χ0) is 10.9. The van der Waals surface area contributed by atoms with E-state index in [9.17, 15) is 4.79 Å². The fourth-order valence-corrected chi connectivity index (χ4v) is 1.64. The number of carbonyl (C=O) groups is 1. The van der Waals surface area contributed by atoms with E-state index in [1.165, 1.54) is 19.3 Å². The lowest BCUT2D eigenvalue weighted by Crippen LogP contribution is -2.09. The van der Waals surface area contributed by atoms with Gasteiger partial charge in [0.25, 0.3) is 6.47 Å². The Labute approximate surface area is 90.6 Å². The fraction of sp³-hybridized carbons (Fsp3) is 0.818. The third-order valence-corrected chi connectivity index (χ3v) is 2.50. The fourth-order valence-electron chi connectivity index (χ4n) is 1.64. The molecule has 0 radical (unpaired) electrons. The molecule has 1 unspecified atom stereocenters. The van der Waals surface area contributed by atoms with Crippen molar-refractivity contribution >= 4 is 12.2 Å². The van der Waals surface area contributed by atoms with Gasteiger partial charge in [-0.3, -0.25) is 4.79 Å². The van der Waals surface area contributed by atoms with Gasteiger partial charge in [0, 0.05) is 12.8 Å². The molecular weight excluding hydrogens is 194 g/mol. The van der Waals surface area contributed by atoms with Gasteiger partial charge in [-0.15, -0.1) is 0 Å². The molecule has 1 heterocycles. The van der Waals surface area contributed by atoms with Gasteiger partial charge >= 0.3 is 0 Å². The van der Waals surface area contributed by atoms with Gasteiger partial charge in [0.1, 0.15) is 6.10 Å². The Balaban J connectivity index is 2.05. The first kappa shape index (κ1) is 12.0. The van der Waals surface area contributed by atoms with E-state index in [0.29, 0.717) is 19.5 Å². The van der Waals surface area contributed by atoms with Crippen molar-refractivity contribution in [3.8, 4) is 0 Å². The normalized spacial score (nSPS) is 19.5. The van der Waals surface area contributed by atoms with Crippen LogP contribution >= 0.6 is 0 Å². The van der Waals surface area contributed by atoms with Gasteiger partial charge in [-0.1, -0.05) is 24.9 Å². The molecule has 0 saturated heterocycles. The summed E-state index contributed by atoms with van der Waals surface area (Å²) in [7, 11) is 0. The summed E-state index contributed by atoms with van der Waals surface area (Å²) in [6.45, 7) is 3.07. The van der Waals surface area contributed by atoms with Crippen molar-refractivity contribution in [2.75, 3.05) is 6.61 Å². The molecular formula is C11H19NO3. The second-order valence-electron chi connectivity index (χ2n) is 3.80. The molecule has 0 aromatic rings. The number of hydrogen-bond donors (Lipinski definition) is 0. The molecule has 4 heteroatoms. The van der Waals surface area contributed by atoms with Crippen LogP contribution in [-0.2, 0) is 14.4 Å². The van der Waals surface area contributed by atoms with Crippen LogP contribution in [0.5, 0.6) is 0 Å². The van der Waals surface area contributed by atoms with Gasteiger partial charge < -0.3 is 9.57 Å². The lowest BCUT2D eigenvalue weighted by atomic mass is 10.1. The summed E-state index contributed by atoms with van der Waals surface area (Å²) in [6.07, 6.45) is 6.61. The van der Waals surface area contributed by atoms with E-state index >= 15 is 0 Å². The van der Waals surface area contributed by atoms with E-state index in [-0.39, 0.29) is 6.10 Å². The zero-order valence-electron chi connectivity index (χ0n) is 9.28. The molecule has 0 N–H and O–H groups in total. The molecule has 1 aliphatic rings. The summed E-state index contributed by atoms with van der Waals surface area (Å²) >= 11 is 0. The number of oxime groups is 1. The predicted octanol–water partition coefficient (Wildman–Crippen LogP) is 2.27. The second kappa shape index (κ2) is 7.26. The Hall–Kier alpha value is -1.06. The average molecular weight is 213 g/mol. The maximum absolute atomic E-state index is 9.92. The van der Waals surface area contributed by atoms with Gasteiger partial charge in [-0.25, -0.2) is 0 Å². The van der Waals surface area contributed by atoms with Crippen molar-refractivity contribution < 1.29 is 14.4 Å². The molecule has 0 amide bonds. The first-order valence-corrected chi connectivity index (χ1v) is 5.63. The Morgan fingerprint density at radius 3 is 3.20 bits per heavy atom. The van der Waals surface area contributed by atoms with Crippen LogP contribution in [0.4, 0.5) is 0 Å². The van der Waals surface area contributed by atoms with E-state index in [1.54, 1.807) is 0 Å². The van der Waals surface area contributed by atoms with Crippen molar-refractivity contribution in [3.63, 3.8) is 0 Å². The van der Waals surface area contributed by atoms with Crippen molar-refractivity contribution in [1.82, 2.24) is 0 Å². The summed E-state index contributed by atoms with van der Waals surface area (Å²) in [5.41, 5.74) is 1.01. The van der Waals surface area contributed by atoms with Crippen molar-refractivity contribution in [2.24, 2.45) is 5.16 Å². The third-order valence-electron chi connectivity index (χ3n) is 2.50. The van der Waals surface area contributed by atoms with E-state index in [2.05, 4.69) is 16.8 Å². The Kier molecular flexibility index (Phi) is 5.81. The van der Waals surface area contributed by atoms with Gasteiger partial charge in [-0.05, 0) is 12.8 Å². The second-order valence-corrected chi connectivity index (χ2v) is 3.80. The Morgan fingerprint density at radius 2 is 2.47 bits per heavy atom. The molecule has 0 spiro atoms. The molecule has 86 valence electrons. The third kappa shape index (κ3) is 4.81. The highest BCUT2D eigenvalue weighted by molar-refractivity contribution is 5.85. The molecule has 0 saturated carbocycles. The van der Waals surface area contributed by atoms with Crippen LogP contribution in [-0.4, -0.2) is 24.9 Å². The Bertz CT molecular complexity index is 216. The summed E-state index contributed by atoms with van der Waals surface area (Å²) < 4.78 is 4.61. The minimum absolute atomic E-state index is 0.253. The summed E-state index contributed by atoms with van der Waals surface area (Å²) in [5.74, 6) is 0. The van der Waals surface area contributed by atoms with Crippen LogP contribution in [0.15, 0.2) is 5.16 Å². The quantitative estimate of drug-likeness (QED) is 0.459. The van der Waals surface area contributed by atoms with Gasteiger partial charge in [-0.2, -0.15) is 0 Å². The van der Waals surface area contributed by atoms with Crippen molar-refractivity contribution in [3.05, 3.63) is 0 Å². The lowest BCUT2D eigenvalue weighted by Gasteiger charge is -2.06. The number of hydrogen-bond acceptors (Lipinski definition) is 4. The van der Waals surface area contributed by atoms with E-state index in [4.69, 9.17) is 4.84 Å². The zero-order valence-corrected chi connectivity index (χ0v) is 9.28. The first-order valence-electron chi connectivity index (χ1n) is 5.63. The van der Waals surface area contributed by atoms with Gasteiger partial charge in [0.2, 0.25) is 0 Å². The monoisotopic (exact) mass is 213 g/mol. The molecule has 1 rings (SSSR count). The standard InChI is InChI=1S/C11H19NO3/c1-2-3-4-5-11-8-10(12-15-11)6-7-14-9-13/h9,11H,2-8H2,1H3. The van der Waals surface area contributed by atoms with Crippen LogP contribution in [0.25, 0.3) is 0 Å².